The molecule has 4 aliphatic rings. The van der Waals surface area contributed by atoms with E-state index in [-0.39, 0.29) is 53.6 Å². The topological polar surface area (TPSA) is 204 Å². The number of fused-ring (bicyclic) bond motifs is 1. The standard InChI is InChI=1S/C59H86N4O7/c1-6-8-9-12-37-17-20-43(52(65)28-37)13-10-11-14-44-21-22-47(50-27-40(25-39-23-24-62-55(60)29-39)34-59(50,70)45(35-61-5)31-54(67)56(44)58(68)69)51-30-41(7-2)57(63-51)49-32-46(64)33-53(66)48(49)26-38-15-18-42(19-16-38)36(3)4/h15-20,23,29-30,32-33,36-37,40,43-45,47,50,52,54,56,61-67,70H,6-14,21-22,24-28,31,34-35,60H2,1-5H3,(H,68,69)/t37-,40+,43-,44-,45+,47+,50+,52+,54-,56-,59+/m1/s1. The van der Waals surface area contributed by atoms with Crippen LogP contribution in [0.15, 0.2) is 78.2 Å². The van der Waals surface area contributed by atoms with E-state index in [1.54, 1.807) is 6.07 Å². The van der Waals surface area contributed by atoms with Gasteiger partial charge in [-0.05, 0) is 148 Å². The first-order chi connectivity index (χ1) is 33.6. The second kappa shape index (κ2) is 24.2. The second-order valence-corrected chi connectivity index (χ2v) is 22.2. The Bertz CT molecular complexity index is 2280. The first-order valence-electron chi connectivity index (χ1n) is 27.0. The monoisotopic (exact) mass is 963 g/mol. The molecule has 11 nitrogen and oxygen atoms in total. The number of H-pyrrole nitrogens is 1. The van der Waals surface area contributed by atoms with E-state index < -0.39 is 29.5 Å². The predicted octanol–water partition coefficient (Wildman–Crippen LogP) is 10.3. The summed E-state index contributed by atoms with van der Waals surface area (Å²) in [6.07, 6.45) is 20.2. The molecule has 1 aliphatic heterocycles. The van der Waals surface area contributed by atoms with Crippen LogP contribution in [0.5, 0.6) is 11.5 Å². The van der Waals surface area contributed by atoms with Crippen LogP contribution in [-0.2, 0) is 17.6 Å². The van der Waals surface area contributed by atoms with Crippen molar-refractivity contribution in [1.29, 1.82) is 0 Å². The summed E-state index contributed by atoms with van der Waals surface area (Å²) in [6, 6.07) is 13.8. The molecule has 11 heteroatoms. The maximum atomic E-state index is 13.5. The highest BCUT2D eigenvalue weighted by Crippen LogP contribution is 2.56. The van der Waals surface area contributed by atoms with Crippen LogP contribution < -0.4 is 16.4 Å². The number of aromatic nitrogens is 1. The fourth-order valence-corrected chi connectivity index (χ4v) is 13.2. The number of rotatable bonds is 20. The van der Waals surface area contributed by atoms with E-state index >= 15 is 0 Å². The van der Waals surface area contributed by atoms with Crippen molar-refractivity contribution >= 4 is 5.97 Å². The zero-order valence-corrected chi connectivity index (χ0v) is 42.8. The smallest absolute Gasteiger partial charge is 0.309 e. The van der Waals surface area contributed by atoms with Gasteiger partial charge in [-0.1, -0.05) is 102 Å². The van der Waals surface area contributed by atoms with Gasteiger partial charge in [0.2, 0.25) is 0 Å². The number of hydrogen-bond acceptors (Lipinski definition) is 9. The molecule has 11 N–H and O–H groups in total. The number of aliphatic carboxylic acids is 1. The number of unbranched alkanes of at least 4 members (excludes halogenated alkanes) is 3. The Morgan fingerprint density at radius 1 is 0.929 bits per heavy atom. The molecule has 2 aromatic carbocycles. The number of hydrogen-bond donors (Lipinski definition) is 10. The summed E-state index contributed by atoms with van der Waals surface area (Å²) in [6.45, 7) is 9.71. The molecular formula is C59H86N4O7. The van der Waals surface area contributed by atoms with Gasteiger partial charge in [-0.15, -0.1) is 0 Å². The Balaban J connectivity index is 1.24. The van der Waals surface area contributed by atoms with Crippen molar-refractivity contribution in [2.75, 3.05) is 20.1 Å². The lowest BCUT2D eigenvalue weighted by Crippen LogP contribution is -2.51. The Labute approximate surface area is 418 Å². The van der Waals surface area contributed by atoms with E-state index in [0.29, 0.717) is 74.8 Å². The maximum Gasteiger partial charge on any atom is 0.309 e. The van der Waals surface area contributed by atoms with Crippen LogP contribution in [0.4, 0.5) is 0 Å². The van der Waals surface area contributed by atoms with Crippen LogP contribution in [0.3, 0.4) is 0 Å². The summed E-state index contributed by atoms with van der Waals surface area (Å²) in [7, 11) is 1.86. The van der Waals surface area contributed by atoms with Crippen LogP contribution in [-0.4, -0.2) is 79.5 Å². The number of dihydropyridines is 1. The highest BCUT2D eigenvalue weighted by Gasteiger charge is 2.55. The van der Waals surface area contributed by atoms with Crippen molar-refractivity contribution in [1.82, 2.24) is 15.6 Å². The van der Waals surface area contributed by atoms with Gasteiger partial charge in [-0.3, -0.25) is 4.79 Å². The van der Waals surface area contributed by atoms with Crippen LogP contribution >= 0.6 is 0 Å². The van der Waals surface area contributed by atoms with Gasteiger partial charge in [0.1, 0.15) is 11.5 Å². The van der Waals surface area contributed by atoms with Crippen molar-refractivity contribution < 1.29 is 35.4 Å². The minimum atomic E-state index is -1.24. The van der Waals surface area contributed by atoms with Crippen LogP contribution in [0.1, 0.15) is 164 Å². The van der Waals surface area contributed by atoms with E-state index in [4.69, 9.17) is 5.73 Å². The molecule has 7 rings (SSSR count). The summed E-state index contributed by atoms with van der Waals surface area (Å²) in [5, 5.41) is 76.9. The Morgan fingerprint density at radius 2 is 1.69 bits per heavy atom. The molecule has 2 saturated carbocycles. The third-order valence-electron chi connectivity index (χ3n) is 17.0. The summed E-state index contributed by atoms with van der Waals surface area (Å²) in [5.41, 5.74) is 12.7. The minimum Gasteiger partial charge on any atom is -0.508 e. The average Bonchev–Trinajstić information content (AvgIpc) is 3.90. The van der Waals surface area contributed by atoms with Crippen molar-refractivity contribution in [2.24, 2.45) is 47.2 Å². The summed E-state index contributed by atoms with van der Waals surface area (Å²) < 4.78 is 0. The van der Waals surface area contributed by atoms with Gasteiger partial charge in [0.15, 0.2) is 0 Å². The number of phenols is 2. The van der Waals surface area contributed by atoms with E-state index in [0.717, 1.165) is 78.6 Å². The average molecular weight is 963 g/mol. The van der Waals surface area contributed by atoms with E-state index in [1.807, 2.05) is 13.1 Å². The third-order valence-corrected chi connectivity index (χ3v) is 17.0. The molecule has 1 aromatic heterocycles. The molecule has 0 radical (unpaired) electrons. The quantitative estimate of drug-likeness (QED) is 0.0383. The fourth-order valence-electron chi connectivity index (χ4n) is 13.2. The van der Waals surface area contributed by atoms with Gasteiger partial charge in [0.05, 0.1) is 29.5 Å². The number of carboxylic acids is 1. The highest BCUT2D eigenvalue weighted by molar-refractivity contribution is 5.73. The van der Waals surface area contributed by atoms with Crippen LogP contribution in [0.2, 0.25) is 0 Å². The predicted molar refractivity (Wildman–Crippen MR) is 280 cm³/mol. The summed E-state index contributed by atoms with van der Waals surface area (Å²) in [4.78, 5) is 17.3. The molecule has 11 atom stereocenters. The Morgan fingerprint density at radius 3 is 2.37 bits per heavy atom. The molecule has 0 spiro atoms. The number of carboxylic acid groups (broad SMARTS) is 1. The molecular weight excluding hydrogens is 877 g/mol. The van der Waals surface area contributed by atoms with Crippen molar-refractivity contribution in [3.63, 3.8) is 0 Å². The molecule has 0 bridgehead atoms. The van der Waals surface area contributed by atoms with Gasteiger partial charge in [-0.25, -0.2) is 0 Å². The van der Waals surface area contributed by atoms with E-state index in [1.165, 1.54) is 30.9 Å². The molecule has 0 saturated heterocycles. The third kappa shape index (κ3) is 12.7. The first kappa shape index (κ1) is 53.3. The normalized spacial score (nSPS) is 29.3. The number of benzene rings is 2. The van der Waals surface area contributed by atoms with Crippen LogP contribution in [0, 0.1) is 41.4 Å². The van der Waals surface area contributed by atoms with Gasteiger partial charge < -0.3 is 52.0 Å². The van der Waals surface area contributed by atoms with Crippen molar-refractivity contribution in [3.05, 3.63) is 106 Å². The minimum absolute atomic E-state index is 0.0198. The van der Waals surface area contributed by atoms with E-state index in [9.17, 15) is 35.4 Å². The fraction of sp³-hybridized carbons (Fsp3) is 0.610. The molecule has 2 heterocycles. The molecule has 0 amide bonds. The largest absolute Gasteiger partial charge is 0.508 e. The molecule has 384 valence electrons. The lowest BCUT2D eigenvalue weighted by molar-refractivity contribution is -0.152. The molecule has 3 aromatic rings. The number of nitrogens with two attached hydrogens (primary N) is 1. The molecule has 2 fully saturated rings. The molecule has 70 heavy (non-hydrogen) atoms. The van der Waals surface area contributed by atoms with Gasteiger partial charge in [0, 0.05) is 65.8 Å². The van der Waals surface area contributed by atoms with Crippen molar-refractivity contribution in [2.45, 2.75) is 166 Å². The zero-order valence-electron chi connectivity index (χ0n) is 42.8. The number of aliphatic hydroxyl groups is 3. The zero-order chi connectivity index (χ0) is 50.1. The Hall–Kier alpha value is -4.55. The number of aromatic amines is 1. The lowest BCUT2D eigenvalue weighted by Gasteiger charge is -2.44. The first-order valence-corrected chi connectivity index (χ1v) is 27.0. The number of carbonyl (C=O) groups is 1. The van der Waals surface area contributed by atoms with E-state index in [2.05, 4.69) is 91.9 Å². The summed E-state index contributed by atoms with van der Waals surface area (Å²) in [5.74, 6) is -1.55. The van der Waals surface area contributed by atoms with Crippen LogP contribution in [0.25, 0.3) is 11.3 Å². The van der Waals surface area contributed by atoms with Gasteiger partial charge in [0.25, 0.3) is 0 Å². The number of phenolic OH excluding ortho intramolecular Hbond substituents is 2. The number of aromatic hydroxyl groups is 2. The number of nitrogens with one attached hydrogen (secondary N) is 3. The molecule has 0 unspecified atom stereocenters. The number of aliphatic hydroxyl groups excluding tert-OH is 2. The second-order valence-electron chi connectivity index (χ2n) is 22.2. The SMILES string of the molecule is CCCCC[C@@H]1C=C[C@@H](CCCC[C@@H]2CC[C@H](c3cc(CC)c(-c4cc(O)cc(O)c4Cc4ccc(C(C)C)cc4)[nH]3)[C@@H]3C[C@H](CC4=CCNC(N)=C4)C[C@]3(O)[C@H](CNC)C[C@@H](O)[C@@H]2C(=O)O)[C@@H](O)C1. The molecule has 3 aliphatic carbocycles. The van der Waals surface area contributed by atoms with Gasteiger partial charge >= 0.3 is 5.97 Å². The maximum absolute atomic E-state index is 13.5. The highest BCUT2D eigenvalue weighted by atomic mass is 16.4. The summed E-state index contributed by atoms with van der Waals surface area (Å²) >= 11 is 0. The van der Waals surface area contributed by atoms with Crippen molar-refractivity contribution in [3.8, 4) is 22.8 Å². The number of allylic oxidation sites excluding steroid dienone is 3. The lowest BCUT2D eigenvalue weighted by atomic mass is 9.65. The number of aryl methyl sites for hydroxylation is 1. The Kier molecular flexibility index (Phi) is 18.4. The van der Waals surface area contributed by atoms with Gasteiger partial charge in [-0.2, -0.15) is 0 Å².